The van der Waals surface area contributed by atoms with Crippen LogP contribution in [0.5, 0.6) is 0 Å². The monoisotopic (exact) mass is 128 g/mol. The normalized spacial score (nSPS) is 10.0. The summed E-state index contributed by atoms with van der Waals surface area (Å²) < 4.78 is 1.36. The van der Waals surface area contributed by atoms with Crippen molar-refractivity contribution in [1.29, 1.82) is 0 Å². The molecule has 9 heavy (non-hydrogen) atoms. The van der Waals surface area contributed by atoms with Gasteiger partial charge in [-0.25, -0.2) is 4.79 Å². The van der Waals surface area contributed by atoms with E-state index >= 15 is 0 Å². The first-order valence-corrected chi connectivity index (χ1v) is 2.60. The van der Waals surface area contributed by atoms with E-state index < -0.39 is 0 Å². The second-order valence-electron chi connectivity index (χ2n) is 1.80. The lowest BCUT2D eigenvalue weighted by Crippen LogP contribution is -2.14. The van der Waals surface area contributed by atoms with E-state index in [-0.39, 0.29) is 12.3 Å². The number of aliphatic hydroxyl groups excluding tert-OH is 1. The van der Waals surface area contributed by atoms with Crippen molar-refractivity contribution in [1.82, 2.24) is 9.55 Å². The van der Waals surface area contributed by atoms with E-state index in [0.29, 0.717) is 5.69 Å². The molecule has 50 valence electrons. The number of nitrogens with zero attached hydrogens (tertiary/aromatic N) is 1. The number of aromatic amines is 1. The zero-order valence-corrected chi connectivity index (χ0v) is 5.09. The van der Waals surface area contributed by atoms with Gasteiger partial charge in [-0.3, -0.25) is 4.57 Å². The summed E-state index contributed by atoms with van der Waals surface area (Å²) in [6.45, 7) is -0.102. The van der Waals surface area contributed by atoms with Gasteiger partial charge in [0.15, 0.2) is 0 Å². The maximum Gasteiger partial charge on any atom is 0.325 e. The van der Waals surface area contributed by atoms with Crippen molar-refractivity contribution in [3.8, 4) is 0 Å². The Morgan fingerprint density at radius 2 is 2.56 bits per heavy atom. The lowest BCUT2D eigenvalue weighted by atomic mass is 10.5. The number of nitrogens with one attached hydrogen (secondary N) is 1. The van der Waals surface area contributed by atoms with E-state index in [2.05, 4.69) is 4.98 Å². The van der Waals surface area contributed by atoms with Crippen LogP contribution in [0.2, 0.25) is 0 Å². The van der Waals surface area contributed by atoms with Crippen molar-refractivity contribution in [2.24, 2.45) is 7.05 Å². The maximum atomic E-state index is 10.6. The third-order valence-electron chi connectivity index (χ3n) is 1.26. The predicted octanol–water partition coefficient (Wildman–Crippen LogP) is -0.794. The predicted molar refractivity (Wildman–Crippen MR) is 32.0 cm³/mol. The average Bonchev–Trinajstić information content (AvgIpc) is 2.15. The molecule has 0 fully saturated rings. The van der Waals surface area contributed by atoms with Gasteiger partial charge in [0.25, 0.3) is 0 Å². The smallest absolute Gasteiger partial charge is 0.325 e. The number of aromatic nitrogens is 2. The van der Waals surface area contributed by atoms with E-state index in [9.17, 15) is 4.79 Å². The minimum atomic E-state index is -0.195. The molecule has 1 aromatic heterocycles. The fraction of sp³-hybridized carbons (Fsp3) is 0.400. The van der Waals surface area contributed by atoms with Gasteiger partial charge in [0.05, 0.1) is 12.3 Å². The summed E-state index contributed by atoms with van der Waals surface area (Å²) in [4.78, 5) is 13.0. The van der Waals surface area contributed by atoms with Gasteiger partial charge in [-0.1, -0.05) is 0 Å². The number of hydrogen-bond acceptors (Lipinski definition) is 2. The highest BCUT2D eigenvalue weighted by Crippen LogP contribution is 1.88. The molecule has 0 saturated carbocycles. The van der Waals surface area contributed by atoms with Crippen LogP contribution < -0.4 is 5.69 Å². The summed E-state index contributed by atoms with van der Waals surface area (Å²) >= 11 is 0. The Balaban J connectivity index is 3.20. The van der Waals surface area contributed by atoms with Gasteiger partial charge in [0, 0.05) is 13.2 Å². The molecule has 0 aliphatic heterocycles. The van der Waals surface area contributed by atoms with Crippen LogP contribution in [0.3, 0.4) is 0 Å². The second kappa shape index (κ2) is 2.06. The molecule has 4 heteroatoms. The minimum absolute atomic E-state index is 0.102. The number of hydrogen-bond donors (Lipinski definition) is 2. The fourth-order valence-electron chi connectivity index (χ4n) is 0.621. The van der Waals surface area contributed by atoms with Gasteiger partial charge in [0.2, 0.25) is 0 Å². The quantitative estimate of drug-likeness (QED) is 0.520. The molecule has 1 heterocycles. The second-order valence-corrected chi connectivity index (χ2v) is 1.80. The standard InChI is InChI=1S/C5H8N2O2/c1-7-4(3-8)2-6-5(7)9/h2,8H,3H2,1H3,(H,6,9). The Labute approximate surface area is 51.8 Å². The first-order valence-electron chi connectivity index (χ1n) is 2.60. The lowest BCUT2D eigenvalue weighted by Gasteiger charge is -1.91. The highest BCUT2D eigenvalue weighted by molar-refractivity contribution is 4.94. The first kappa shape index (κ1) is 6.10. The van der Waals surface area contributed by atoms with Crippen molar-refractivity contribution in [3.63, 3.8) is 0 Å². The zero-order valence-electron chi connectivity index (χ0n) is 5.09. The van der Waals surface area contributed by atoms with E-state index in [1.807, 2.05) is 0 Å². The number of rotatable bonds is 1. The Hall–Kier alpha value is -1.03. The Kier molecular flexibility index (Phi) is 1.40. The van der Waals surface area contributed by atoms with Crippen LogP contribution in [-0.2, 0) is 13.7 Å². The SMILES string of the molecule is Cn1c(CO)c[nH]c1=O. The van der Waals surface area contributed by atoms with Gasteiger partial charge in [-0.15, -0.1) is 0 Å². The highest BCUT2D eigenvalue weighted by atomic mass is 16.3. The molecule has 4 nitrogen and oxygen atoms in total. The molecule has 0 saturated heterocycles. The Morgan fingerprint density at radius 3 is 2.78 bits per heavy atom. The van der Waals surface area contributed by atoms with Crippen LogP contribution in [0.25, 0.3) is 0 Å². The highest BCUT2D eigenvalue weighted by Gasteiger charge is 1.96. The minimum Gasteiger partial charge on any atom is -0.390 e. The van der Waals surface area contributed by atoms with Crippen LogP contribution in [0.15, 0.2) is 11.0 Å². The summed E-state index contributed by atoms with van der Waals surface area (Å²) in [5.41, 5.74) is 0.402. The van der Waals surface area contributed by atoms with Gasteiger partial charge in [-0.2, -0.15) is 0 Å². The topological polar surface area (TPSA) is 58.0 Å². The molecule has 0 atom stereocenters. The van der Waals surface area contributed by atoms with Crippen LogP contribution >= 0.6 is 0 Å². The van der Waals surface area contributed by atoms with Crippen molar-refractivity contribution in [2.45, 2.75) is 6.61 Å². The molecule has 1 aromatic rings. The van der Waals surface area contributed by atoms with E-state index in [1.165, 1.54) is 10.8 Å². The summed E-state index contributed by atoms with van der Waals surface area (Å²) in [5, 5.41) is 8.55. The summed E-state index contributed by atoms with van der Waals surface area (Å²) in [5.74, 6) is 0. The van der Waals surface area contributed by atoms with Crippen LogP contribution in [0.1, 0.15) is 5.69 Å². The third-order valence-corrected chi connectivity index (χ3v) is 1.26. The molecular weight excluding hydrogens is 120 g/mol. The molecule has 0 amide bonds. The van der Waals surface area contributed by atoms with Crippen LogP contribution in [-0.4, -0.2) is 14.7 Å². The molecule has 0 unspecified atom stereocenters. The van der Waals surface area contributed by atoms with E-state index in [1.54, 1.807) is 7.05 Å². The van der Waals surface area contributed by atoms with Crippen LogP contribution in [0, 0.1) is 0 Å². The van der Waals surface area contributed by atoms with Crippen molar-refractivity contribution in [3.05, 3.63) is 22.4 Å². The molecule has 0 aliphatic rings. The van der Waals surface area contributed by atoms with Gasteiger partial charge < -0.3 is 10.1 Å². The van der Waals surface area contributed by atoms with Gasteiger partial charge >= 0.3 is 5.69 Å². The Bertz CT molecular complexity index is 248. The molecule has 1 rings (SSSR count). The zero-order chi connectivity index (χ0) is 6.85. The average molecular weight is 128 g/mol. The molecule has 0 bridgehead atoms. The number of imidazole rings is 1. The van der Waals surface area contributed by atoms with E-state index in [4.69, 9.17) is 5.11 Å². The Morgan fingerprint density at radius 1 is 1.89 bits per heavy atom. The fourth-order valence-corrected chi connectivity index (χ4v) is 0.621. The molecular formula is C5H8N2O2. The van der Waals surface area contributed by atoms with Crippen molar-refractivity contribution >= 4 is 0 Å². The summed E-state index contributed by atoms with van der Waals surface area (Å²) in [7, 11) is 1.60. The molecule has 2 N–H and O–H groups in total. The van der Waals surface area contributed by atoms with Crippen molar-refractivity contribution < 1.29 is 5.11 Å². The molecule has 0 aromatic carbocycles. The van der Waals surface area contributed by atoms with Gasteiger partial charge in [-0.05, 0) is 0 Å². The summed E-state index contributed by atoms with van der Waals surface area (Å²) in [6, 6.07) is 0. The molecule has 0 aliphatic carbocycles. The van der Waals surface area contributed by atoms with Gasteiger partial charge in [0.1, 0.15) is 0 Å². The van der Waals surface area contributed by atoms with Crippen molar-refractivity contribution in [2.75, 3.05) is 0 Å². The molecule has 0 spiro atoms. The first-order chi connectivity index (χ1) is 4.25. The van der Waals surface area contributed by atoms with E-state index in [0.717, 1.165) is 0 Å². The largest absolute Gasteiger partial charge is 0.390 e. The molecule has 0 radical (unpaired) electrons. The number of H-pyrrole nitrogens is 1. The van der Waals surface area contributed by atoms with Crippen LogP contribution in [0.4, 0.5) is 0 Å². The lowest BCUT2D eigenvalue weighted by molar-refractivity contribution is 0.272. The maximum absolute atomic E-state index is 10.6. The number of aliphatic hydroxyl groups is 1. The third kappa shape index (κ3) is 0.882. The summed E-state index contributed by atoms with van der Waals surface area (Å²) in [6.07, 6.45) is 1.49.